The van der Waals surface area contributed by atoms with Crippen LogP contribution < -0.4 is 5.32 Å². The molecule has 0 aliphatic carbocycles. The molecule has 0 amide bonds. The van der Waals surface area contributed by atoms with Crippen LogP contribution in [0.1, 0.15) is 25.5 Å². The van der Waals surface area contributed by atoms with Crippen LogP contribution in [0, 0.1) is 6.92 Å². The molecule has 0 radical (unpaired) electrons. The average Bonchev–Trinajstić information content (AvgIpc) is 2.27. The predicted octanol–water partition coefficient (Wildman–Crippen LogP) is 3.05. The van der Waals surface area contributed by atoms with Crippen LogP contribution in [-0.4, -0.2) is 35.6 Å². The summed E-state index contributed by atoms with van der Waals surface area (Å²) in [5.74, 6) is 0. The molecular weight excluding hydrogens is 278 g/mol. The van der Waals surface area contributed by atoms with Crippen LogP contribution >= 0.6 is 15.9 Å². The Labute approximate surface area is 112 Å². The minimum atomic E-state index is 0.572. The zero-order valence-electron chi connectivity index (χ0n) is 10.7. The minimum absolute atomic E-state index is 0.572. The fraction of sp³-hybridized carbons (Fsp3) is 0.615. The lowest BCUT2D eigenvalue weighted by atomic mass is 9.98. The Morgan fingerprint density at radius 1 is 1.47 bits per heavy atom. The molecule has 1 N–H and O–H groups in total. The Hall–Kier alpha value is -0.610. The van der Waals surface area contributed by atoms with Gasteiger partial charge in [-0.1, -0.05) is 0 Å². The monoisotopic (exact) mass is 297 g/mol. The highest BCUT2D eigenvalue weighted by Crippen LogP contribution is 2.22. The van der Waals surface area contributed by atoms with E-state index in [1.54, 1.807) is 0 Å². The van der Waals surface area contributed by atoms with Gasteiger partial charge in [-0.3, -0.25) is 0 Å². The normalized spacial score (nSPS) is 25.9. The van der Waals surface area contributed by atoms with Gasteiger partial charge in [-0.25, -0.2) is 4.98 Å². The Kier molecular flexibility index (Phi) is 4.05. The number of anilines is 1. The van der Waals surface area contributed by atoms with Gasteiger partial charge in [0.1, 0.15) is 4.60 Å². The minimum Gasteiger partial charge on any atom is -0.381 e. The van der Waals surface area contributed by atoms with Gasteiger partial charge in [0.25, 0.3) is 0 Å². The Morgan fingerprint density at radius 2 is 2.24 bits per heavy atom. The van der Waals surface area contributed by atoms with E-state index in [0.29, 0.717) is 12.1 Å². The van der Waals surface area contributed by atoms with Gasteiger partial charge in [-0.15, -0.1) is 0 Å². The summed E-state index contributed by atoms with van der Waals surface area (Å²) in [5, 5.41) is 3.62. The van der Waals surface area contributed by atoms with E-state index < -0.39 is 0 Å². The molecule has 2 unspecified atom stereocenters. The Morgan fingerprint density at radius 3 is 2.88 bits per heavy atom. The fourth-order valence-corrected chi connectivity index (χ4v) is 2.72. The van der Waals surface area contributed by atoms with Gasteiger partial charge in [0.2, 0.25) is 0 Å². The largest absolute Gasteiger partial charge is 0.381 e. The van der Waals surface area contributed by atoms with Gasteiger partial charge in [-0.2, -0.15) is 0 Å². The molecule has 0 aromatic carbocycles. The molecule has 0 saturated carbocycles. The van der Waals surface area contributed by atoms with Gasteiger partial charge in [0.15, 0.2) is 0 Å². The number of hydrogen-bond donors (Lipinski definition) is 1. The zero-order chi connectivity index (χ0) is 12.4. The van der Waals surface area contributed by atoms with Crippen molar-refractivity contribution in [3.63, 3.8) is 0 Å². The molecule has 1 aliphatic heterocycles. The number of hydrogen-bond acceptors (Lipinski definition) is 3. The smallest absolute Gasteiger partial charge is 0.106 e. The third-order valence-corrected chi connectivity index (χ3v) is 4.06. The van der Waals surface area contributed by atoms with Gasteiger partial charge in [0, 0.05) is 18.6 Å². The molecule has 94 valence electrons. The molecule has 0 spiro atoms. The Balaban J connectivity index is 2.01. The summed E-state index contributed by atoms with van der Waals surface area (Å²) in [4.78, 5) is 6.84. The van der Waals surface area contributed by atoms with E-state index in [9.17, 15) is 0 Å². The number of nitrogens with zero attached hydrogens (tertiary/aromatic N) is 2. The predicted molar refractivity (Wildman–Crippen MR) is 75.4 cm³/mol. The lowest BCUT2D eigenvalue weighted by molar-refractivity contribution is 0.190. The first kappa shape index (κ1) is 12.8. The van der Waals surface area contributed by atoms with Crippen molar-refractivity contribution in [3.05, 3.63) is 22.4 Å². The maximum absolute atomic E-state index is 4.42. The molecular formula is C13H20BrN3. The summed E-state index contributed by atoms with van der Waals surface area (Å²) in [6.07, 6.45) is 2.41. The second-order valence-corrected chi connectivity index (χ2v) is 5.77. The lowest BCUT2D eigenvalue weighted by Gasteiger charge is -2.36. The van der Waals surface area contributed by atoms with E-state index in [2.05, 4.69) is 51.2 Å². The molecule has 2 rings (SSSR count). The van der Waals surface area contributed by atoms with Crippen molar-refractivity contribution in [2.45, 2.75) is 38.8 Å². The van der Waals surface area contributed by atoms with E-state index in [0.717, 1.165) is 16.0 Å². The summed E-state index contributed by atoms with van der Waals surface area (Å²) in [6.45, 7) is 5.51. The van der Waals surface area contributed by atoms with E-state index in [1.165, 1.54) is 19.4 Å². The highest BCUT2D eigenvalue weighted by Gasteiger charge is 2.22. The molecule has 2 heterocycles. The first-order chi connectivity index (χ1) is 8.06. The Bertz CT molecular complexity index is 394. The number of aryl methyl sites for hydroxylation is 1. The van der Waals surface area contributed by atoms with Gasteiger partial charge in [0.05, 0.1) is 11.4 Å². The highest BCUT2D eigenvalue weighted by molar-refractivity contribution is 9.10. The molecule has 4 heteroatoms. The van der Waals surface area contributed by atoms with Gasteiger partial charge in [-0.05, 0) is 61.8 Å². The second-order valence-electron chi connectivity index (χ2n) is 4.96. The van der Waals surface area contributed by atoms with E-state index in [-0.39, 0.29) is 0 Å². The molecule has 1 saturated heterocycles. The van der Waals surface area contributed by atoms with Crippen molar-refractivity contribution in [1.29, 1.82) is 0 Å². The summed E-state index contributed by atoms with van der Waals surface area (Å²) in [5.41, 5.74) is 2.22. The molecule has 1 aromatic rings. The maximum Gasteiger partial charge on any atom is 0.106 e. The van der Waals surface area contributed by atoms with Crippen molar-refractivity contribution in [2.75, 3.05) is 18.9 Å². The van der Waals surface area contributed by atoms with Crippen molar-refractivity contribution in [1.82, 2.24) is 9.88 Å². The zero-order valence-corrected chi connectivity index (χ0v) is 12.3. The highest BCUT2D eigenvalue weighted by atomic mass is 79.9. The van der Waals surface area contributed by atoms with Crippen molar-refractivity contribution in [3.8, 4) is 0 Å². The van der Waals surface area contributed by atoms with Crippen LogP contribution in [0.2, 0.25) is 0 Å². The molecule has 1 aromatic heterocycles. The van der Waals surface area contributed by atoms with Crippen molar-refractivity contribution >= 4 is 21.6 Å². The van der Waals surface area contributed by atoms with Crippen LogP contribution in [0.25, 0.3) is 0 Å². The third kappa shape index (κ3) is 3.19. The van der Waals surface area contributed by atoms with E-state index >= 15 is 0 Å². The number of likely N-dealkylation sites (tertiary alicyclic amines) is 1. The first-order valence-electron chi connectivity index (χ1n) is 6.16. The van der Waals surface area contributed by atoms with Crippen LogP contribution in [0.3, 0.4) is 0 Å². The number of pyridine rings is 1. The fourth-order valence-electron chi connectivity index (χ4n) is 2.32. The molecule has 0 bridgehead atoms. The number of aromatic nitrogens is 1. The SMILES string of the molecule is Cc1nc(Br)ccc1NC1CCN(C)C(C)C1. The lowest BCUT2D eigenvalue weighted by Crippen LogP contribution is -2.42. The number of nitrogens with one attached hydrogen (secondary N) is 1. The molecule has 2 atom stereocenters. The van der Waals surface area contributed by atoms with E-state index in [1.807, 2.05) is 13.0 Å². The number of halogens is 1. The first-order valence-corrected chi connectivity index (χ1v) is 6.95. The second kappa shape index (κ2) is 5.36. The topological polar surface area (TPSA) is 28.2 Å². The third-order valence-electron chi connectivity index (χ3n) is 3.62. The standard InChI is InChI=1S/C13H20BrN3/c1-9-8-11(6-7-17(9)3)16-12-4-5-13(14)15-10(12)2/h4-5,9,11,16H,6-8H2,1-3H3. The summed E-state index contributed by atoms with van der Waals surface area (Å²) < 4.78 is 0.900. The van der Waals surface area contributed by atoms with Crippen LogP contribution in [0.15, 0.2) is 16.7 Å². The van der Waals surface area contributed by atoms with E-state index in [4.69, 9.17) is 0 Å². The van der Waals surface area contributed by atoms with Crippen LogP contribution in [-0.2, 0) is 0 Å². The molecule has 3 nitrogen and oxygen atoms in total. The van der Waals surface area contributed by atoms with Crippen molar-refractivity contribution in [2.24, 2.45) is 0 Å². The summed E-state index contributed by atoms with van der Waals surface area (Å²) in [7, 11) is 2.20. The summed E-state index contributed by atoms with van der Waals surface area (Å²) in [6, 6.07) is 5.33. The quantitative estimate of drug-likeness (QED) is 0.851. The molecule has 1 fully saturated rings. The number of piperidine rings is 1. The molecule has 17 heavy (non-hydrogen) atoms. The summed E-state index contributed by atoms with van der Waals surface area (Å²) >= 11 is 3.39. The average molecular weight is 298 g/mol. The van der Waals surface area contributed by atoms with Crippen LogP contribution in [0.4, 0.5) is 5.69 Å². The van der Waals surface area contributed by atoms with Gasteiger partial charge < -0.3 is 10.2 Å². The van der Waals surface area contributed by atoms with Crippen LogP contribution in [0.5, 0.6) is 0 Å². The number of rotatable bonds is 2. The van der Waals surface area contributed by atoms with Gasteiger partial charge >= 0.3 is 0 Å². The van der Waals surface area contributed by atoms with Crippen molar-refractivity contribution < 1.29 is 0 Å². The maximum atomic E-state index is 4.42. The molecule has 1 aliphatic rings.